The summed E-state index contributed by atoms with van der Waals surface area (Å²) >= 11 is 3.43. The van der Waals surface area contributed by atoms with Crippen LogP contribution in [0.1, 0.15) is 26.3 Å². The maximum absolute atomic E-state index is 13.0. The fourth-order valence-corrected chi connectivity index (χ4v) is 3.49. The summed E-state index contributed by atoms with van der Waals surface area (Å²) in [6.45, 7) is 1.92. The van der Waals surface area contributed by atoms with Gasteiger partial charge in [-0.2, -0.15) is 0 Å². The smallest absolute Gasteiger partial charge is 0.257 e. The van der Waals surface area contributed by atoms with Crippen molar-refractivity contribution in [3.05, 3.63) is 101 Å². The highest BCUT2D eigenvalue weighted by Crippen LogP contribution is 2.24. The number of anilines is 2. The number of nitrogens with one attached hydrogen (secondary N) is 2. The molecule has 0 aliphatic carbocycles. The quantitative estimate of drug-likeness (QED) is 0.432. The number of para-hydroxylation sites is 2. The van der Waals surface area contributed by atoms with Crippen LogP contribution >= 0.6 is 15.9 Å². The second-order valence-corrected chi connectivity index (χ2v) is 7.66. The maximum atomic E-state index is 13.0. The number of benzene rings is 3. The van der Waals surface area contributed by atoms with Crippen LogP contribution in [0.3, 0.4) is 0 Å². The Bertz CT molecular complexity index is 1250. The molecule has 31 heavy (non-hydrogen) atoms. The van der Waals surface area contributed by atoms with Crippen LogP contribution in [0.25, 0.3) is 5.69 Å². The van der Waals surface area contributed by atoms with Gasteiger partial charge in [0.25, 0.3) is 11.8 Å². The summed E-state index contributed by atoms with van der Waals surface area (Å²) in [5, 5.41) is 13.3. The van der Waals surface area contributed by atoms with Gasteiger partial charge in [0.15, 0.2) is 0 Å². The van der Waals surface area contributed by atoms with E-state index in [1.807, 2.05) is 37.3 Å². The van der Waals surface area contributed by atoms with E-state index in [4.69, 9.17) is 0 Å². The molecular formula is C23H18BrN5O2. The van der Waals surface area contributed by atoms with E-state index in [9.17, 15) is 9.59 Å². The van der Waals surface area contributed by atoms with Gasteiger partial charge in [-0.15, -0.1) is 10.2 Å². The van der Waals surface area contributed by atoms with Crippen LogP contribution in [0.4, 0.5) is 11.4 Å². The lowest BCUT2D eigenvalue weighted by Crippen LogP contribution is -2.19. The van der Waals surface area contributed by atoms with Crippen molar-refractivity contribution in [2.45, 2.75) is 6.92 Å². The first kappa shape index (κ1) is 20.5. The Kier molecular flexibility index (Phi) is 5.90. The third-order valence-electron chi connectivity index (χ3n) is 4.72. The first-order valence-corrected chi connectivity index (χ1v) is 10.2. The normalized spacial score (nSPS) is 10.5. The van der Waals surface area contributed by atoms with E-state index in [1.165, 1.54) is 0 Å². The molecule has 0 spiro atoms. The Morgan fingerprint density at radius 3 is 2.16 bits per heavy atom. The highest BCUT2D eigenvalue weighted by Gasteiger charge is 2.17. The summed E-state index contributed by atoms with van der Waals surface area (Å²) in [6, 6.07) is 19.8. The molecule has 0 atom stereocenters. The van der Waals surface area contributed by atoms with Gasteiger partial charge in [0.2, 0.25) is 0 Å². The van der Waals surface area contributed by atoms with Gasteiger partial charge in [-0.1, -0.05) is 30.3 Å². The zero-order valence-electron chi connectivity index (χ0n) is 16.5. The van der Waals surface area contributed by atoms with Crippen LogP contribution in [-0.4, -0.2) is 26.6 Å². The lowest BCUT2D eigenvalue weighted by atomic mass is 10.1. The number of hydrogen-bond acceptors (Lipinski definition) is 4. The fourth-order valence-electron chi connectivity index (χ4n) is 3.06. The monoisotopic (exact) mass is 475 g/mol. The molecule has 8 heteroatoms. The van der Waals surface area contributed by atoms with E-state index in [1.54, 1.807) is 53.6 Å². The molecule has 154 valence electrons. The molecule has 0 fully saturated rings. The summed E-state index contributed by atoms with van der Waals surface area (Å²) < 4.78 is 2.33. The van der Waals surface area contributed by atoms with Gasteiger partial charge in [0.05, 0.1) is 16.8 Å². The molecule has 1 heterocycles. The van der Waals surface area contributed by atoms with E-state index < -0.39 is 0 Å². The van der Waals surface area contributed by atoms with Gasteiger partial charge in [-0.25, -0.2) is 0 Å². The van der Waals surface area contributed by atoms with Crippen molar-refractivity contribution in [3.63, 3.8) is 0 Å². The van der Waals surface area contributed by atoms with Crippen LogP contribution in [0.15, 0.2) is 83.9 Å². The third-order valence-corrected chi connectivity index (χ3v) is 5.42. The zero-order valence-corrected chi connectivity index (χ0v) is 18.1. The van der Waals surface area contributed by atoms with Gasteiger partial charge >= 0.3 is 0 Å². The molecule has 4 aromatic rings. The second-order valence-electron chi connectivity index (χ2n) is 6.80. The largest absolute Gasteiger partial charge is 0.322 e. The van der Waals surface area contributed by atoms with Crippen molar-refractivity contribution in [2.24, 2.45) is 0 Å². The predicted molar refractivity (Wildman–Crippen MR) is 123 cm³/mol. The molecule has 0 saturated carbocycles. The average Bonchev–Trinajstić information content (AvgIpc) is 3.31. The van der Waals surface area contributed by atoms with Crippen LogP contribution in [-0.2, 0) is 0 Å². The minimum absolute atomic E-state index is 0.303. The fraction of sp³-hybridized carbons (Fsp3) is 0.0435. The number of aryl methyl sites for hydroxylation is 1. The van der Waals surface area contributed by atoms with Crippen molar-refractivity contribution in [2.75, 3.05) is 10.6 Å². The Morgan fingerprint density at radius 1 is 0.806 bits per heavy atom. The molecule has 0 aliphatic rings. The van der Waals surface area contributed by atoms with Crippen molar-refractivity contribution >= 4 is 39.1 Å². The Morgan fingerprint density at radius 2 is 1.42 bits per heavy atom. The number of aromatic nitrogens is 3. The van der Waals surface area contributed by atoms with Gasteiger partial charge in [-0.3, -0.25) is 14.2 Å². The summed E-state index contributed by atoms with van der Waals surface area (Å²) in [7, 11) is 0. The molecule has 0 radical (unpaired) electrons. The highest BCUT2D eigenvalue weighted by atomic mass is 79.9. The van der Waals surface area contributed by atoms with Gasteiger partial charge < -0.3 is 10.6 Å². The first-order valence-electron chi connectivity index (χ1n) is 9.45. The minimum atomic E-state index is -0.349. The number of carbonyl (C=O) groups is 2. The number of carbonyl (C=O) groups excluding carboxylic acids is 2. The van der Waals surface area contributed by atoms with Crippen molar-refractivity contribution in [3.8, 4) is 5.69 Å². The number of amides is 2. The van der Waals surface area contributed by atoms with E-state index in [2.05, 4.69) is 36.8 Å². The Hall–Kier alpha value is -3.78. The summed E-state index contributed by atoms with van der Waals surface area (Å²) in [5.74, 6) is -0.652. The summed E-state index contributed by atoms with van der Waals surface area (Å²) in [5.41, 5.74) is 3.61. The van der Waals surface area contributed by atoms with Crippen LogP contribution in [0.5, 0.6) is 0 Å². The molecule has 0 bridgehead atoms. The average molecular weight is 476 g/mol. The standard InChI is InChI=1S/C23H18BrN5O2/c1-15-6-2-4-8-20(15)27-22(30)17-7-3-5-9-21(17)28-23(31)18-12-16(10-11-19(18)24)29-13-25-26-14-29/h2-14H,1H3,(H,27,30)(H,28,31). The van der Waals surface area contributed by atoms with E-state index in [0.29, 0.717) is 21.3 Å². The number of halogens is 1. The maximum Gasteiger partial charge on any atom is 0.257 e. The molecule has 4 rings (SSSR count). The molecule has 0 unspecified atom stereocenters. The molecular weight excluding hydrogens is 458 g/mol. The first-order chi connectivity index (χ1) is 15.0. The van der Waals surface area contributed by atoms with Crippen LogP contribution in [0.2, 0.25) is 0 Å². The third kappa shape index (κ3) is 4.54. The molecule has 2 amide bonds. The Balaban J connectivity index is 1.59. The SMILES string of the molecule is Cc1ccccc1NC(=O)c1ccccc1NC(=O)c1cc(-n2cnnc2)ccc1Br. The topological polar surface area (TPSA) is 88.9 Å². The predicted octanol–water partition coefficient (Wildman–Crippen LogP) is 4.84. The molecule has 3 aromatic carbocycles. The molecule has 1 aromatic heterocycles. The van der Waals surface area contributed by atoms with Gasteiger partial charge in [0, 0.05) is 15.8 Å². The molecule has 7 nitrogen and oxygen atoms in total. The van der Waals surface area contributed by atoms with Crippen LogP contribution < -0.4 is 10.6 Å². The second kappa shape index (κ2) is 8.93. The molecule has 0 aliphatic heterocycles. The van der Waals surface area contributed by atoms with E-state index in [-0.39, 0.29) is 11.8 Å². The van der Waals surface area contributed by atoms with Crippen molar-refractivity contribution < 1.29 is 9.59 Å². The summed E-state index contributed by atoms with van der Waals surface area (Å²) in [4.78, 5) is 25.9. The van der Waals surface area contributed by atoms with Crippen LogP contribution in [0, 0.1) is 6.92 Å². The number of nitrogens with zero attached hydrogens (tertiary/aromatic N) is 3. The lowest BCUT2D eigenvalue weighted by molar-refractivity contribution is 0.102. The van der Waals surface area contributed by atoms with Gasteiger partial charge in [0.1, 0.15) is 12.7 Å². The van der Waals surface area contributed by atoms with Gasteiger partial charge in [-0.05, 0) is 64.8 Å². The highest BCUT2D eigenvalue weighted by molar-refractivity contribution is 9.10. The zero-order chi connectivity index (χ0) is 21.8. The summed E-state index contributed by atoms with van der Waals surface area (Å²) in [6.07, 6.45) is 3.10. The minimum Gasteiger partial charge on any atom is -0.322 e. The number of hydrogen-bond donors (Lipinski definition) is 2. The lowest BCUT2D eigenvalue weighted by Gasteiger charge is -2.14. The Labute approximate surface area is 187 Å². The van der Waals surface area contributed by atoms with Crippen molar-refractivity contribution in [1.29, 1.82) is 0 Å². The van der Waals surface area contributed by atoms with Crippen molar-refractivity contribution in [1.82, 2.24) is 14.8 Å². The van der Waals surface area contributed by atoms with E-state index >= 15 is 0 Å². The molecule has 2 N–H and O–H groups in total. The molecule has 0 saturated heterocycles. The number of rotatable bonds is 5. The van der Waals surface area contributed by atoms with E-state index in [0.717, 1.165) is 16.9 Å².